The van der Waals surface area contributed by atoms with Crippen molar-refractivity contribution in [1.82, 2.24) is 25.5 Å². The van der Waals surface area contributed by atoms with E-state index in [-0.39, 0.29) is 0 Å². The van der Waals surface area contributed by atoms with Crippen LogP contribution in [-0.2, 0) is 6.54 Å². The van der Waals surface area contributed by atoms with Crippen molar-refractivity contribution in [2.75, 3.05) is 6.54 Å². The molecule has 94 valence electrons. The predicted molar refractivity (Wildman–Crippen MR) is 68.2 cm³/mol. The molecule has 0 bridgehead atoms. The summed E-state index contributed by atoms with van der Waals surface area (Å²) in [4.78, 5) is 0. The molecule has 2 aromatic rings. The standard InChI is InChI=1S/C13H17N5/c1-13(7-8-13)10-14-9-12-15-16-17-18(12)11-5-3-2-4-6-11/h2-6,14H,7-10H2,1H3. The van der Waals surface area contributed by atoms with Crippen molar-refractivity contribution in [3.63, 3.8) is 0 Å². The Bertz CT molecular complexity index is 515. The average molecular weight is 243 g/mol. The molecule has 1 fully saturated rings. The molecule has 1 aromatic heterocycles. The summed E-state index contributed by atoms with van der Waals surface area (Å²) in [6.07, 6.45) is 2.65. The number of benzene rings is 1. The van der Waals surface area contributed by atoms with E-state index in [0.29, 0.717) is 12.0 Å². The van der Waals surface area contributed by atoms with Crippen molar-refractivity contribution < 1.29 is 0 Å². The minimum Gasteiger partial charge on any atom is -0.309 e. The van der Waals surface area contributed by atoms with Crippen LogP contribution in [0.15, 0.2) is 30.3 Å². The number of hydrogen-bond acceptors (Lipinski definition) is 4. The van der Waals surface area contributed by atoms with Crippen LogP contribution in [0.5, 0.6) is 0 Å². The Hall–Kier alpha value is -1.75. The van der Waals surface area contributed by atoms with Crippen molar-refractivity contribution >= 4 is 0 Å². The molecule has 1 saturated carbocycles. The first-order valence-electron chi connectivity index (χ1n) is 6.30. The van der Waals surface area contributed by atoms with Crippen molar-refractivity contribution in [3.05, 3.63) is 36.2 Å². The highest BCUT2D eigenvalue weighted by Crippen LogP contribution is 2.44. The van der Waals surface area contributed by atoms with Crippen molar-refractivity contribution in [2.24, 2.45) is 5.41 Å². The van der Waals surface area contributed by atoms with E-state index in [2.05, 4.69) is 27.8 Å². The minimum absolute atomic E-state index is 0.505. The average Bonchev–Trinajstić information content (AvgIpc) is 2.95. The highest BCUT2D eigenvalue weighted by molar-refractivity contribution is 5.30. The third-order valence-electron chi connectivity index (χ3n) is 3.47. The lowest BCUT2D eigenvalue weighted by molar-refractivity contribution is 0.490. The molecule has 0 saturated heterocycles. The first kappa shape index (κ1) is 11.3. The van der Waals surface area contributed by atoms with Gasteiger partial charge in [-0.25, -0.2) is 0 Å². The molecular weight excluding hydrogens is 226 g/mol. The van der Waals surface area contributed by atoms with Crippen LogP contribution in [0, 0.1) is 5.41 Å². The van der Waals surface area contributed by atoms with Gasteiger partial charge in [0.1, 0.15) is 0 Å². The quantitative estimate of drug-likeness (QED) is 0.865. The Balaban J connectivity index is 1.68. The Morgan fingerprint density at radius 3 is 2.78 bits per heavy atom. The number of hydrogen-bond donors (Lipinski definition) is 1. The zero-order chi connectivity index (χ0) is 12.4. The molecular formula is C13H17N5. The molecule has 0 unspecified atom stereocenters. The lowest BCUT2D eigenvalue weighted by Crippen LogP contribution is -2.23. The largest absolute Gasteiger partial charge is 0.309 e. The zero-order valence-electron chi connectivity index (χ0n) is 10.5. The molecule has 1 heterocycles. The maximum absolute atomic E-state index is 4.07. The van der Waals surface area contributed by atoms with Gasteiger partial charge in [0.2, 0.25) is 0 Å². The topological polar surface area (TPSA) is 55.6 Å². The van der Waals surface area contributed by atoms with Gasteiger partial charge in [0.05, 0.1) is 12.2 Å². The third kappa shape index (κ3) is 2.41. The first-order chi connectivity index (χ1) is 8.77. The lowest BCUT2D eigenvalue weighted by atomic mass is 10.1. The SMILES string of the molecule is CC1(CNCc2nnnn2-c2ccccc2)CC1. The van der Waals surface area contributed by atoms with Crippen LogP contribution < -0.4 is 5.32 Å². The van der Waals surface area contributed by atoms with Crippen LogP contribution in [0.2, 0.25) is 0 Å². The van der Waals surface area contributed by atoms with Gasteiger partial charge in [-0.05, 0) is 40.8 Å². The van der Waals surface area contributed by atoms with Gasteiger partial charge in [0.15, 0.2) is 5.82 Å². The Kier molecular flexibility index (Phi) is 2.83. The summed E-state index contributed by atoms with van der Waals surface area (Å²) >= 11 is 0. The fraction of sp³-hybridized carbons (Fsp3) is 0.462. The smallest absolute Gasteiger partial charge is 0.170 e. The van der Waals surface area contributed by atoms with Crippen molar-refractivity contribution in [3.8, 4) is 5.69 Å². The molecule has 0 atom stereocenters. The van der Waals surface area contributed by atoms with Crippen molar-refractivity contribution in [1.29, 1.82) is 0 Å². The number of rotatable bonds is 5. The normalized spacial score (nSPS) is 16.7. The van der Waals surface area contributed by atoms with E-state index >= 15 is 0 Å². The molecule has 0 aliphatic heterocycles. The van der Waals surface area contributed by atoms with E-state index in [1.807, 2.05) is 30.3 Å². The molecule has 1 aromatic carbocycles. The van der Waals surface area contributed by atoms with Gasteiger partial charge in [-0.1, -0.05) is 25.1 Å². The van der Waals surface area contributed by atoms with Crippen LogP contribution >= 0.6 is 0 Å². The van der Waals surface area contributed by atoms with Gasteiger partial charge < -0.3 is 5.32 Å². The first-order valence-corrected chi connectivity index (χ1v) is 6.30. The molecule has 1 N–H and O–H groups in total. The predicted octanol–water partition coefficient (Wildman–Crippen LogP) is 1.55. The molecule has 3 rings (SSSR count). The number of para-hydroxylation sites is 1. The van der Waals surface area contributed by atoms with E-state index in [1.54, 1.807) is 4.68 Å². The Labute approximate surface area is 106 Å². The van der Waals surface area contributed by atoms with E-state index in [0.717, 1.165) is 18.1 Å². The molecule has 1 aliphatic rings. The molecule has 1 aliphatic carbocycles. The lowest BCUT2D eigenvalue weighted by Gasteiger charge is -2.09. The maximum atomic E-state index is 4.07. The monoisotopic (exact) mass is 243 g/mol. The number of nitrogens with zero attached hydrogens (tertiary/aromatic N) is 4. The highest BCUT2D eigenvalue weighted by atomic mass is 15.5. The summed E-state index contributed by atoms with van der Waals surface area (Å²) in [6, 6.07) is 9.96. The van der Waals surface area contributed by atoms with Gasteiger partial charge in [0.25, 0.3) is 0 Å². The number of nitrogens with one attached hydrogen (secondary N) is 1. The number of tetrazole rings is 1. The van der Waals surface area contributed by atoms with Crippen LogP contribution in [0.3, 0.4) is 0 Å². The summed E-state index contributed by atoms with van der Waals surface area (Å²) in [5.74, 6) is 0.852. The van der Waals surface area contributed by atoms with Gasteiger partial charge >= 0.3 is 0 Å². The summed E-state index contributed by atoms with van der Waals surface area (Å²) in [7, 11) is 0. The molecule has 0 radical (unpaired) electrons. The van der Waals surface area contributed by atoms with E-state index in [9.17, 15) is 0 Å². The van der Waals surface area contributed by atoms with Gasteiger partial charge in [-0.2, -0.15) is 4.68 Å². The van der Waals surface area contributed by atoms with Crippen LogP contribution in [0.25, 0.3) is 5.69 Å². The molecule has 0 amide bonds. The second-order valence-corrected chi connectivity index (χ2v) is 5.26. The highest BCUT2D eigenvalue weighted by Gasteiger charge is 2.36. The fourth-order valence-electron chi connectivity index (χ4n) is 1.95. The Morgan fingerprint density at radius 1 is 1.28 bits per heavy atom. The zero-order valence-corrected chi connectivity index (χ0v) is 10.5. The summed E-state index contributed by atoms with van der Waals surface area (Å²) < 4.78 is 1.78. The van der Waals surface area contributed by atoms with E-state index < -0.39 is 0 Å². The fourth-order valence-corrected chi connectivity index (χ4v) is 1.95. The minimum atomic E-state index is 0.505. The van der Waals surface area contributed by atoms with Gasteiger partial charge in [-0.3, -0.25) is 0 Å². The maximum Gasteiger partial charge on any atom is 0.170 e. The van der Waals surface area contributed by atoms with Crippen LogP contribution in [0.4, 0.5) is 0 Å². The summed E-state index contributed by atoms with van der Waals surface area (Å²) in [6.45, 7) is 4.05. The Morgan fingerprint density at radius 2 is 2.06 bits per heavy atom. The second-order valence-electron chi connectivity index (χ2n) is 5.26. The summed E-state index contributed by atoms with van der Waals surface area (Å²) in [5, 5.41) is 15.3. The van der Waals surface area contributed by atoms with Gasteiger partial charge in [-0.15, -0.1) is 5.10 Å². The molecule has 0 spiro atoms. The van der Waals surface area contributed by atoms with Crippen LogP contribution in [-0.4, -0.2) is 26.8 Å². The third-order valence-corrected chi connectivity index (χ3v) is 3.47. The van der Waals surface area contributed by atoms with Gasteiger partial charge in [0, 0.05) is 6.54 Å². The second kappa shape index (κ2) is 4.49. The number of aromatic nitrogens is 4. The molecule has 18 heavy (non-hydrogen) atoms. The molecule has 5 heteroatoms. The van der Waals surface area contributed by atoms with Crippen LogP contribution in [0.1, 0.15) is 25.6 Å². The summed E-state index contributed by atoms with van der Waals surface area (Å²) in [5.41, 5.74) is 1.50. The van der Waals surface area contributed by atoms with E-state index in [1.165, 1.54) is 12.8 Å². The van der Waals surface area contributed by atoms with E-state index in [4.69, 9.17) is 0 Å². The molecule has 5 nitrogen and oxygen atoms in total. The van der Waals surface area contributed by atoms with Crippen molar-refractivity contribution in [2.45, 2.75) is 26.3 Å².